The third-order valence-electron chi connectivity index (χ3n) is 4.99. The van der Waals surface area contributed by atoms with E-state index in [1.54, 1.807) is 37.3 Å². The Kier molecular flexibility index (Phi) is 5.59. The van der Waals surface area contributed by atoms with Crippen molar-refractivity contribution in [2.75, 3.05) is 11.5 Å². The van der Waals surface area contributed by atoms with Gasteiger partial charge in [0.2, 0.25) is 0 Å². The van der Waals surface area contributed by atoms with Crippen LogP contribution >= 0.6 is 0 Å². The molecule has 0 spiro atoms. The van der Waals surface area contributed by atoms with Crippen molar-refractivity contribution in [1.29, 1.82) is 0 Å². The van der Waals surface area contributed by atoms with Gasteiger partial charge in [-0.1, -0.05) is 29.9 Å². The molecule has 4 rings (SSSR count). The Balaban J connectivity index is 1.86. The number of hydrogen-bond acceptors (Lipinski definition) is 6. The van der Waals surface area contributed by atoms with Gasteiger partial charge in [-0.05, 0) is 48.9 Å². The van der Waals surface area contributed by atoms with Crippen molar-refractivity contribution in [1.82, 2.24) is 5.16 Å². The van der Waals surface area contributed by atoms with Crippen LogP contribution in [0.3, 0.4) is 0 Å². The van der Waals surface area contributed by atoms with E-state index in [9.17, 15) is 19.1 Å². The number of nitrogens with zero attached hydrogens (tertiary/aromatic N) is 2. The van der Waals surface area contributed by atoms with Crippen LogP contribution in [0.4, 0.5) is 10.2 Å². The van der Waals surface area contributed by atoms with E-state index in [4.69, 9.17) is 9.26 Å². The Hall–Kier alpha value is -4.20. The van der Waals surface area contributed by atoms with Crippen molar-refractivity contribution in [2.45, 2.75) is 13.0 Å². The molecule has 1 fully saturated rings. The van der Waals surface area contributed by atoms with Crippen molar-refractivity contribution in [3.05, 3.63) is 95.5 Å². The number of carbonyl (C=O) groups excluding carboxylic acids is 2. The first-order valence-corrected chi connectivity index (χ1v) is 9.74. The van der Waals surface area contributed by atoms with E-state index >= 15 is 0 Å². The van der Waals surface area contributed by atoms with Gasteiger partial charge in [0, 0.05) is 11.6 Å². The Morgan fingerprint density at radius 1 is 1.22 bits per heavy atom. The lowest BCUT2D eigenvalue weighted by atomic mass is 9.95. The molecule has 1 aliphatic rings. The number of aliphatic hydroxyl groups excluding tert-OH is 1. The topological polar surface area (TPSA) is 92.9 Å². The summed E-state index contributed by atoms with van der Waals surface area (Å²) in [6.45, 7) is 5.58. The highest BCUT2D eigenvalue weighted by molar-refractivity contribution is 6.51. The van der Waals surface area contributed by atoms with Crippen LogP contribution in [0, 0.1) is 12.7 Å². The first-order valence-electron chi connectivity index (χ1n) is 9.74. The van der Waals surface area contributed by atoms with Gasteiger partial charge in [-0.2, -0.15) is 0 Å². The van der Waals surface area contributed by atoms with Crippen molar-refractivity contribution >= 4 is 23.3 Å². The summed E-state index contributed by atoms with van der Waals surface area (Å²) >= 11 is 0. The molecular weight excluding hydrogens is 415 g/mol. The predicted molar refractivity (Wildman–Crippen MR) is 115 cm³/mol. The standard InChI is InChI=1S/C24H19FN2O5/c1-3-12-31-18-10-6-15(7-11-18)21-20(22(28)16-4-8-17(25)9-5-16)23(29)24(30)27(21)19-13-14(2)32-26-19/h3-11,13,21,28H,1,12H2,2H3/b22-20+/t21-/m1/s1. The number of ketones is 1. The zero-order valence-electron chi connectivity index (χ0n) is 17.1. The van der Waals surface area contributed by atoms with Crippen LogP contribution < -0.4 is 9.64 Å². The number of anilines is 1. The Bertz CT molecular complexity index is 1210. The number of aliphatic hydroxyl groups is 1. The lowest BCUT2D eigenvalue weighted by molar-refractivity contribution is -0.132. The number of aromatic nitrogens is 1. The summed E-state index contributed by atoms with van der Waals surface area (Å²) in [6, 6.07) is 12.3. The molecule has 1 amide bonds. The molecule has 2 heterocycles. The lowest BCUT2D eigenvalue weighted by Gasteiger charge is -2.23. The molecule has 162 valence electrons. The third-order valence-corrected chi connectivity index (χ3v) is 4.99. The Morgan fingerprint density at radius 3 is 2.50 bits per heavy atom. The highest BCUT2D eigenvalue weighted by Crippen LogP contribution is 2.42. The minimum atomic E-state index is -0.974. The number of aryl methyl sites for hydroxylation is 1. The van der Waals surface area contributed by atoms with E-state index in [1.807, 2.05) is 0 Å². The summed E-state index contributed by atoms with van der Waals surface area (Å²) in [7, 11) is 0. The highest BCUT2D eigenvalue weighted by Gasteiger charge is 2.48. The molecule has 0 saturated carbocycles. The quantitative estimate of drug-likeness (QED) is 0.269. The second-order valence-electron chi connectivity index (χ2n) is 7.14. The molecule has 1 aromatic heterocycles. The Morgan fingerprint density at radius 2 is 1.91 bits per heavy atom. The molecule has 0 aliphatic carbocycles. The summed E-state index contributed by atoms with van der Waals surface area (Å²) in [5.41, 5.74) is 0.609. The van der Waals surface area contributed by atoms with E-state index in [2.05, 4.69) is 11.7 Å². The molecule has 3 aromatic rings. The molecule has 2 aromatic carbocycles. The van der Waals surface area contributed by atoms with Crippen LogP contribution in [0.5, 0.6) is 5.75 Å². The van der Waals surface area contributed by atoms with Crippen LogP contribution in [-0.2, 0) is 9.59 Å². The summed E-state index contributed by atoms with van der Waals surface area (Å²) in [4.78, 5) is 27.1. The van der Waals surface area contributed by atoms with Gasteiger partial charge in [0.1, 0.15) is 29.7 Å². The fraction of sp³-hybridized carbons (Fsp3) is 0.125. The molecule has 7 nitrogen and oxygen atoms in total. The number of benzene rings is 2. The zero-order chi connectivity index (χ0) is 22.8. The van der Waals surface area contributed by atoms with Crippen LogP contribution in [0.15, 0.2) is 77.3 Å². The maximum atomic E-state index is 13.4. The second-order valence-corrected chi connectivity index (χ2v) is 7.14. The number of rotatable bonds is 6. The molecule has 1 atom stereocenters. The van der Waals surface area contributed by atoms with E-state index in [1.165, 1.54) is 23.1 Å². The number of amides is 1. The smallest absolute Gasteiger partial charge is 0.301 e. The van der Waals surface area contributed by atoms with Gasteiger partial charge in [0.25, 0.3) is 5.78 Å². The van der Waals surface area contributed by atoms with Gasteiger partial charge in [0.05, 0.1) is 11.6 Å². The zero-order valence-corrected chi connectivity index (χ0v) is 17.1. The average Bonchev–Trinajstić information content (AvgIpc) is 3.33. The van der Waals surface area contributed by atoms with Gasteiger partial charge in [-0.3, -0.25) is 14.5 Å². The van der Waals surface area contributed by atoms with Crippen molar-refractivity contribution < 1.29 is 28.3 Å². The molecule has 0 bridgehead atoms. The molecule has 32 heavy (non-hydrogen) atoms. The molecular formula is C24H19FN2O5. The number of ether oxygens (including phenoxy) is 1. The molecule has 8 heteroatoms. The molecule has 0 radical (unpaired) electrons. The van der Waals surface area contributed by atoms with Gasteiger partial charge in [0.15, 0.2) is 5.82 Å². The SMILES string of the molecule is C=CCOc1ccc([C@@H]2/C(=C(\O)c3ccc(F)cc3)C(=O)C(=O)N2c2cc(C)on2)cc1. The number of carbonyl (C=O) groups is 2. The molecule has 1 aliphatic heterocycles. The number of Topliss-reactive ketones (excluding diaryl/α,β-unsaturated/α-hetero) is 1. The van der Waals surface area contributed by atoms with Crippen molar-refractivity contribution in [3.8, 4) is 5.75 Å². The number of halogens is 1. The summed E-state index contributed by atoms with van der Waals surface area (Å²) < 4.78 is 23.9. The third kappa shape index (κ3) is 3.78. The largest absolute Gasteiger partial charge is 0.507 e. The van der Waals surface area contributed by atoms with E-state index < -0.39 is 29.3 Å². The minimum Gasteiger partial charge on any atom is -0.507 e. The molecule has 1 N–H and O–H groups in total. The number of hydrogen-bond donors (Lipinski definition) is 1. The summed E-state index contributed by atoms with van der Waals surface area (Å²) in [5, 5.41) is 14.8. The lowest BCUT2D eigenvalue weighted by Crippen LogP contribution is -2.29. The maximum absolute atomic E-state index is 13.4. The average molecular weight is 434 g/mol. The van der Waals surface area contributed by atoms with Gasteiger partial charge < -0.3 is 14.4 Å². The monoisotopic (exact) mass is 434 g/mol. The van der Waals surface area contributed by atoms with Crippen LogP contribution in [-0.4, -0.2) is 28.6 Å². The highest BCUT2D eigenvalue weighted by atomic mass is 19.1. The predicted octanol–water partition coefficient (Wildman–Crippen LogP) is 4.31. The fourth-order valence-corrected chi connectivity index (χ4v) is 3.52. The minimum absolute atomic E-state index is 0.137. The van der Waals surface area contributed by atoms with Crippen LogP contribution in [0.25, 0.3) is 5.76 Å². The van der Waals surface area contributed by atoms with Crippen LogP contribution in [0.1, 0.15) is 22.9 Å². The van der Waals surface area contributed by atoms with Crippen molar-refractivity contribution in [3.63, 3.8) is 0 Å². The Labute approximate surface area is 183 Å². The van der Waals surface area contributed by atoms with E-state index in [0.29, 0.717) is 23.7 Å². The van der Waals surface area contributed by atoms with Crippen molar-refractivity contribution in [2.24, 2.45) is 0 Å². The fourth-order valence-electron chi connectivity index (χ4n) is 3.52. The first kappa shape index (κ1) is 21.0. The van der Waals surface area contributed by atoms with E-state index in [-0.39, 0.29) is 17.0 Å². The summed E-state index contributed by atoms with van der Waals surface area (Å²) in [5.74, 6) is -1.49. The van der Waals surface area contributed by atoms with Gasteiger partial charge in [-0.15, -0.1) is 0 Å². The summed E-state index contributed by atoms with van der Waals surface area (Å²) in [6.07, 6.45) is 1.61. The van der Waals surface area contributed by atoms with E-state index in [0.717, 1.165) is 12.1 Å². The maximum Gasteiger partial charge on any atom is 0.301 e. The normalized spacial score (nSPS) is 17.6. The second kappa shape index (κ2) is 8.50. The molecule has 1 saturated heterocycles. The van der Waals surface area contributed by atoms with Gasteiger partial charge in [-0.25, -0.2) is 4.39 Å². The van der Waals surface area contributed by atoms with Crippen LogP contribution in [0.2, 0.25) is 0 Å². The van der Waals surface area contributed by atoms with Gasteiger partial charge >= 0.3 is 5.91 Å². The molecule has 0 unspecified atom stereocenters. The first-order chi connectivity index (χ1) is 15.4.